The molecule has 0 saturated carbocycles. The summed E-state index contributed by atoms with van der Waals surface area (Å²) in [6.45, 7) is 3.36. The summed E-state index contributed by atoms with van der Waals surface area (Å²) in [5.41, 5.74) is 12.9. The molecule has 0 radical (unpaired) electrons. The summed E-state index contributed by atoms with van der Waals surface area (Å²) in [7, 11) is 0. The third kappa shape index (κ3) is 3.11. The van der Waals surface area contributed by atoms with Crippen molar-refractivity contribution in [1.29, 1.82) is 0 Å². The Hall–Kier alpha value is -1.26. The van der Waals surface area contributed by atoms with Crippen LogP contribution in [-0.4, -0.2) is 19.3 Å². The average Bonchev–Trinajstić information content (AvgIpc) is 2.51. The van der Waals surface area contributed by atoms with E-state index in [4.69, 9.17) is 20.9 Å². The van der Waals surface area contributed by atoms with Gasteiger partial charge in [-0.05, 0) is 31.0 Å². The topological polar surface area (TPSA) is 70.5 Å². The Morgan fingerprint density at radius 2 is 1.88 bits per heavy atom. The van der Waals surface area contributed by atoms with E-state index in [0.29, 0.717) is 13.2 Å². The van der Waals surface area contributed by atoms with Gasteiger partial charge in [0.15, 0.2) is 11.5 Å². The average molecular weight is 236 g/mol. The highest BCUT2D eigenvalue weighted by atomic mass is 16.5. The first-order chi connectivity index (χ1) is 8.16. The molecule has 0 aliphatic carbocycles. The van der Waals surface area contributed by atoms with E-state index in [2.05, 4.69) is 0 Å². The predicted molar refractivity (Wildman–Crippen MR) is 67.2 cm³/mol. The van der Waals surface area contributed by atoms with E-state index in [1.165, 1.54) is 0 Å². The van der Waals surface area contributed by atoms with Crippen molar-refractivity contribution in [3.05, 3.63) is 23.8 Å². The second kappa shape index (κ2) is 5.38. The van der Waals surface area contributed by atoms with Gasteiger partial charge in [0.25, 0.3) is 0 Å². The van der Waals surface area contributed by atoms with Gasteiger partial charge in [-0.2, -0.15) is 0 Å². The predicted octanol–water partition coefficient (Wildman–Crippen LogP) is 1.58. The van der Waals surface area contributed by atoms with E-state index in [1.54, 1.807) is 0 Å². The third-order valence-corrected chi connectivity index (χ3v) is 2.83. The summed E-state index contributed by atoms with van der Waals surface area (Å²) in [5.74, 6) is 1.60. The molecule has 17 heavy (non-hydrogen) atoms. The Bertz CT molecular complexity index is 380. The second-order valence-corrected chi connectivity index (χ2v) is 4.58. The lowest BCUT2D eigenvalue weighted by Gasteiger charge is -2.16. The van der Waals surface area contributed by atoms with Crippen LogP contribution >= 0.6 is 0 Å². The maximum absolute atomic E-state index is 6.09. The molecule has 4 heteroatoms. The number of ether oxygens (including phenoxy) is 2. The van der Waals surface area contributed by atoms with Crippen LogP contribution < -0.4 is 20.9 Å². The normalized spacial score (nSPS) is 18.3. The van der Waals surface area contributed by atoms with E-state index in [0.717, 1.165) is 29.9 Å². The fraction of sp³-hybridized carbons (Fsp3) is 0.538. The molecule has 1 heterocycles. The smallest absolute Gasteiger partial charge is 0.161 e. The van der Waals surface area contributed by atoms with Gasteiger partial charge in [-0.1, -0.05) is 6.07 Å². The molecule has 0 amide bonds. The van der Waals surface area contributed by atoms with E-state index in [9.17, 15) is 0 Å². The fourth-order valence-electron chi connectivity index (χ4n) is 1.95. The highest BCUT2D eigenvalue weighted by Gasteiger charge is 2.14. The number of benzene rings is 1. The monoisotopic (exact) mass is 236 g/mol. The van der Waals surface area contributed by atoms with Gasteiger partial charge in [-0.3, -0.25) is 0 Å². The van der Waals surface area contributed by atoms with Gasteiger partial charge in [-0.25, -0.2) is 0 Å². The van der Waals surface area contributed by atoms with Crippen LogP contribution in [0.3, 0.4) is 0 Å². The Morgan fingerprint density at radius 1 is 1.18 bits per heavy atom. The van der Waals surface area contributed by atoms with Crippen LogP contribution in [0.1, 0.15) is 31.4 Å². The van der Waals surface area contributed by atoms with Gasteiger partial charge in [0.05, 0.1) is 13.2 Å². The Labute approximate surface area is 102 Å². The molecule has 1 aliphatic rings. The van der Waals surface area contributed by atoms with Crippen LogP contribution in [0.5, 0.6) is 11.5 Å². The van der Waals surface area contributed by atoms with Crippen molar-refractivity contribution in [3.8, 4) is 11.5 Å². The molecule has 0 saturated heterocycles. The van der Waals surface area contributed by atoms with Crippen molar-refractivity contribution in [2.45, 2.75) is 31.8 Å². The standard InChI is InChI=1S/C13H20N2O2/c1-9(14)7-11(15)10-3-4-12-13(8-10)17-6-2-5-16-12/h3-4,8-9,11H,2,5-7,14-15H2,1H3. The molecule has 2 rings (SSSR count). The van der Waals surface area contributed by atoms with Crippen molar-refractivity contribution in [1.82, 2.24) is 0 Å². The molecule has 1 aromatic carbocycles. The summed E-state index contributed by atoms with van der Waals surface area (Å²) >= 11 is 0. The summed E-state index contributed by atoms with van der Waals surface area (Å²) in [4.78, 5) is 0. The zero-order valence-corrected chi connectivity index (χ0v) is 10.2. The van der Waals surface area contributed by atoms with Gasteiger partial charge in [0.1, 0.15) is 0 Å². The minimum Gasteiger partial charge on any atom is -0.490 e. The van der Waals surface area contributed by atoms with Crippen molar-refractivity contribution in [2.75, 3.05) is 13.2 Å². The molecule has 4 nitrogen and oxygen atoms in total. The van der Waals surface area contributed by atoms with Gasteiger partial charge in [0.2, 0.25) is 0 Å². The van der Waals surface area contributed by atoms with E-state index < -0.39 is 0 Å². The highest BCUT2D eigenvalue weighted by Crippen LogP contribution is 2.32. The fourth-order valence-corrected chi connectivity index (χ4v) is 1.95. The van der Waals surface area contributed by atoms with Crippen molar-refractivity contribution in [3.63, 3.8) is 0 Å². The van der Waals surface area contributed by atoms with Gasteiger partial charge in [-0.15, -0.1) is 0 Å². The number of hydrogen-bond acceptors (Lipinski definition) is 4. The third-order valence-electron chi connectivity index (χ3n) is 2.83. The molecule has 1 aromatic rings. The van der Waals surface area contributed by atoms with E-state index in [-0.39, 0.29) is 12.1 Å². The van der Waals surface area contributed by atoms with E-state index in [1.807, 2.05) is 25.1 Å². The molecule has 94 valence electrons. The Kier molecular flexibility index (Phi) is 3.86. The molecule has 0 bridgehead atoms. The van der Waals surface area contributed by atoms with Crippen molar-refractivity contribution in [2.24, 2.45) is 11.5 Å². The first kappa shape index (κ1) is 12.2. The van der Waals surface area contributed by atoms with Crippen molar-refractivity contribution >= 4 is 0 Å². The molecular formula is C13H20N2O2. The Balaban J connectivity index is 2.17. The SMILES string of the molecule is CC(N)CC(N)c1ccc2c(c1)OCCCO2. The van der Waals surface area contributed by atoms with Gasteiger partial charge >= 0.3 is 0 Å². The van der Waals surface area contributed by atoms with Crippen LogP contribution in [0.2, 0.25) is 0 Å². The minimum absolute atomic E-state index is 0.0489. The molecule has 0 fully saturated rings. The minimum atomic E-state index is -0.0489. The summed E-state index contributed by atoms with van der Waals surface area (Å²) in [5, 5.41) is 0. The lowest BCUT2D eigenvalue weighted by molar-refractivity contribution is 0.297. The van der Waals surface area contributed by atoms with Gasteiger partial charge in [0, 0.05) is 18.5 Å². The first-order valence-corrected chi connectivity index (χ1v) is 6.07. The van der Waals surface area contributed by atoms with Crippen LogP contribution in [0.4, 0.5) is 0 Å². The van der Waals surface area contributed by atoms with Gasteiger partial charge < -0.3 is 20.9 Å². The summed E-state index contributed by atoms with van der Waals surface area (Å²) in [6, 6.07) is 5.93. The van der Waals surface area contributed by atoms with Crippen LogP contribution in [0.25, 0.3) is 0 Å². The molecule has 1 aliphatic heterocycles. The van der Waals surface area contributed by atoms with Crippen LogP contribution in [0.15, 0.2) is 18.2 Å². The zero-order valence-electron chi connectivity index (χ0n) is 10.2. The molecule has 0 spiro atoms. The van der Waals surface area contributed by atoms with E-state index >= 15 is 0 Å². The first-order valence-electron chi connectivity index (χ1n) is 6.07. The molecule has 2 unspecified atom stereocenters. The lowest BCUT2D eigenvalue weighted by atomic mass is 10.0. The summed E-state index contributed by atoms with van der Waals surface area (Å²) in [6.07, 6.45) is 1.68. The van der Waals surface area contributed by atoms with Crippen LogP contribution in [-0.2, 0) is 0 Å². The Morgan fingerprint density at radius 3 is 2.59 bits per heavy atom. The lowest BCUT2D eigenvalue weighted by Crippen LogP contribution is -2.23. The molecule has 0 aromatic heterocycles. The molecular weight excluding hydrogens is 216 g/mol. The number of nitrogens with two attached hydrogens (primary N) is 2. The largest absolute Gasteiger partial charge is 0.490 e. The molecule has 2 atom stereocenters. The molecule has 4 N–H and O–H groups in total. The van der Waals surface area contributed by atoms with Crippen LogP contribution in [0, 0.1) is 0 Å². The highest BCUT2D eigenvalue weighted by molar-refractivity contribution is 5.44. The number of hydrogen-bond donors (Lipinski definition) is 2. The quantitative estimate of drug-likeness (QED) is 0.836. The maximum Gasteiger partial charge on any atom is 0.161 e. The number of rotatable bonds is 3. The zero-order chi connectivity index (χ0) is 12.3. The second-order valence-electron chi connectivity index (χ2n) is 4.58. The maximum atomic E-state index is 6.09. The number of fused-ring (bicyclic) bond motifs is 1. The van der Waals surface area contributed by atoms with Crippen molar-refractivity contribution < 1.29 is 9.47 Å². The summed E-state index contributed by atoms with van der Waals surface area (Å²) < 4.78 is 11.2.